The molecule has 0 bridgehead atoms. The lowest BCUT2D eigenvalue weighted by Crippen LogP contribution is -2.29. The zero-order valence-electron chi connectivity index (χ0n) is 17.0. The molecule has 2 aromatic carbocycles. The minimum atomic E-state index is -1.02. The molecule has 1 saturated heterocycles. The highest BCUT2D eigenvalue weighted by Crippen LogP contribution is 2.41. The van der Waals surface area contributed by atoms with Crippen LogP contribution in [0.3, 0.4) is 0 Å². The van der Waals surface area contributed by atoms with Gasteiger partial charge in [-0.25, -0.2) is 0 Å². The first-order valence-corrected chi connectivity index (χ1v) is 9.89. The van der Waals surface area contributed by atoms with E-state index in [1.807, 2.05) is 0 Å². The molecule has 33 heavy (non-hydrogen) atoms. The first kappa shape index (κ1) is 20.3. The summed E-state index contributed by atoms with van der Waals surface area (Å²) in [5.74, 6) is -0.903. The summed E-state index contributed by atoms with van der Waals surface area (Å²) in [7, 11) is 0. The zero-order chi connectivity index (χ0) is 23.1. The molecule has 0 radical (unpaired) electrons. The van der Waals surface area contributed by atoms with Crippen molar-refractivity contribution in [2.75, 3.05) is 6.79 Å². The summed E-state index contributed by atoms with van der Waals surface area (Å²) in [5.41, 5.74) is 0.245. The normalized spacial score (nSPS) is 18.7. The van der Waals surface area contributed by atoms with Gasteiger partial charge in [-0.05, 0) is 29.8 Å². The molecular weight excluding hydrogens is 432 g/mol. The maximum atomic E-state index is 13.0. The summed E-state index contributed by atoms with van der Waals surface area (Å²) in [6.07, 6.45) is 1.39. The number of Topliss-reactive ketones (excluding diaryl/α,β-unsaturated/α-hetero) is 1. The van der Waals surface area contributed by atoms with Crippen LogP contribution in [0.1, 0.15) is 22.9 Å². The van der Waals surface area contributed by atoms with E-state index in [1.54, 1.807) is 30.3 Å². The minimum absolute atomic E-state index is 0.0261. The number of ether oxygens (including phenoxy) is 2. The fraction of sp³-hybridized carbons (Fsp3) is 0.130. The van der Waals surface area contributed by atoms with Gasteiger partial charge in [0.05, 0.1) is 16.8 Å². The molecule has 166 valence electrons. The molecule has 1 aromatic heterocycles. The second kappa shape index (κ2) is 7.83. The lowest BCUT2D eigenvalue weighted by molar-refractivity contribution is -0.384. The molecule has 0 aliphatic carbocycles. The maximum absolute atomic E-state index is 13.0. The Bertz CT molecular complexity index is 1310. The smallest absolute Gasteiger partial charge is 0.296 e. The van der Waals surface area contributed by atoms with Crippen molar-refractivity contribution in [2.45, 2.75) is 12.6 Å². The van der Waals surface area contributed by atoms with E-state index in [2.05, 4.69) is 0 Å². The molecule has 3 aromatic rings. The molecule has 1 N–H and O–H groups in total. The van der Waals surface area contributed by atoms with Gasteiger partial charge in [0, 0.05) is 24.2 Å². The quantitative estimate of drug-likeness (QED) is 0.206. The Morgan fingerprint density at radius 1 is 1.09 bits per heavy atom. The molecule has 10 nitrogen and oxygen atoms in total. The van der Waals surface area contributed by atoms with E-state index in [9.17, 15) is 24.8 Å². The first-order chi connectivity index (χ1) is 15.9. The van der Waals surface area contributed by atoms with Gasteiger partial charge in [-0.2, -0.15) is 0 Å². The van der Waals surface area contributed by atoms with Crippen LogP contribution in [0.2, 0.25) is 0 Å². The number of nitro groups is 1. The van der Waals surface area contributed by atoms with Crippen LogP contribution in [-0.2, 0) is 16.1 Å². The van der Waals surface area contributed by atoms with Gasteiger partial charge < -0.3 is 23.9 Å². The van der Waals surface area contributed by atoms with Crippen LogP contribution >= 0.6 is 0 Å². The van der Waals surface area contributed by atoms with Gasteiger partial charge >= 0.3 is 0 Å². The third-order valence-electron chi connectivity index (χ3n) is 5.47. The topological polar surface area (TPSA) is 132 Å². The SMILES string of the molecule is O=C1C(=O)N(Cc2ccc3c(c2)OCO3)C(c2ccco2)/C1=C(/O)c1cccc([N+](=O)[O-])c1. The van der Waals surface area contributed by atoms with E-state index < -0.39 is 28.4 Å². The average Bonchev–Trinajstić information content (AvgIpc) is 3.55. The van der Waals surface area contributed by atoms with Crippen molar-refractivity contribution < 1.29 is 33.5 Å². The van der Waals surface area contributed by atoms with Crippen molar-refractivity contribution in [1.82, 2.24) is 4.90 Å². The second-order valence-corrected chi connectivity index (χ2v) is 7.44. The molecule has 1 unspecified atom stereocenters. The van der Waals surface area contributed by atoms with E-state index in [-0.39, 0.29) is 35.9 Å². The van der Waals surface area contributed by atoms with Crippen molar-refractivity contribution >= 4 is 23.1 Å². The van der Waals surface area contributed by atoms with E-state index in [4.69, 9.17) is 13.9 Å². The monoisotopic (exact) mass is 448 g/mol. The predicted octanol–water partition coefficient (Wildman–Crippen LogP) is 3.54. The maximum Gasteiger partial charge on any atom is 0.296 e. The molecule has 1 amide bonds. The van der Waals surface area contributed by atoms with Crippen molar-refractivity contribution in [1.29, 1.82) is 0 Å². The number of aliphatic hydroxyl groups is 1. The molecule has 3 heterocycles. The van der Waals surface area contributed by atoms with Crippen LogP contribution in [-0.4, -0.2) is 33.4 Å². The van der Waals surface area contributed by atoms with E-state index in [1.165, 1.54) is 29.4 Å². The molecule has 1 fully saturated rings. The lowest BCUT2D eigenvalue weighted by atomic mass is 9.99. The molecule has 5 rings (SSSR count). The number of hydrogen-bond donors (Lipinski definition) is 1. The second-order valence-electron chi connectivity index (χ2n) is 7.44. The highest BCUT2D eigenvalue weighted by molar-refractivity contribution is 6.46. The minimum Gasteiger partial charge on any atom is -0.507 e. The van der Waals surface area contributed by atoms with Crippen molar-refractivity contribution in [3.05, 3.63) is 93.4 Å². The summed E-state index contributed by atoms with van der Waals surface area (Å²) in [5, 5.41) is 22.1. The predicted molar refractivity (Wildman–Crippen MR) is 112 cm³/mol. The van der Waals surface area contributed by atoms with Gasteiger partial charge in [0.15, 0.2) is 11.5 Å². The largest absolute Gasteiger partial charge is 0.507 e. The standard InChI is InChI=1S/C23H16N2O8/c26-21(14-3-1-4-15(10-14)25(29)30)19-20(17-5-2-8-31-17)24(23(28)22(19)27)11-13-6-7-16-18(9-13)33-12-32-16/h1-10,20,26H,11-12H2/b21-19-. The Kier molecular flexibility index (Phi) is 4.82. The molecule has 10 heteroatoms. The number of hydrogen-bond acceptors (Lipinski definition) is 8. The van der Waals surface area contributed by atoms with Crippen LogP contribution in [0.5, 0.6) is 11.5 Å². The van der Waals surface area contributed by atoms with Crippen LogP contribution in [0, 0.1) is 10.1 Å². The number of nitro benzene ring substituents is 1. The number of nitrogens with zero attached hydrogens (tertiary/aromatic N) is 2. The highest BCUT2D eigenvalue weighted by atomic mass is 16.7. The van der Waals surface area contributed by atoms with Gasteiger partial charge in [0.25, 0.3) is 17.4 Å². The van der Waals surface area contributed by atoms with Gasteiger partial charge in [0.1, 0.15) is 17.6 Å². The summed E-state index contributed by atoms with van der Waals surface area (Å²) in [6, 6.07) is 12.5. The third kappa shape index (κ3) is 3.47. The number of likely N-dealkylation sites (tertiary alicyclic amines) is 1. The van der Waals surface area contributed by atoms with Crippen molar-refractivity contribution in [2.24, 2.45) is 0 Å². The lowest BCUT2D eigenvalue weighted by Gasteiger charge is -2.23. The number of amides is 1. The van der Waals surface area contributed by atoms with E-state index >= 15 is 0 Å². The van der Waals surface area contributed by atoms with Crippen LogP contribution < -0.4 is 9.47 Å². The van der Waals surface area contributed by atoms with E-state index in [0.29, 0.717) is 17.1 Å². The molecular formula is C23H16N2O8. The fourth-order valence-corrected chi connectivity index (χ4v) is 3.94. The molecule has 1 atom stereocenters. The van der Waals surface area contributed by atoms with Crippen molar-refractivity contribution in [3.8, 4) is 11.5 Å². The molecule has 0 saturated carbocycles. The summed E-state index contributed by atoms with van der Waals surface area (Å²) < 4.78 is 16.2. The van der Waals surface area contributed by atoms with Crippen molar-refractivity contribution in [3.63, 3.8) is 0 Å². The average molecular weight is 448 g/mol. The number of non-ortho nitro benzene ring substituents is 1. The summed E-state index contributed by atoms with van der Waals surface area (Å²) in [4.78, 5) is 37.8. The van der Waals surface area contributed by atoms with Crippen LogP contribution in [0.25, 0.3) is 5.76 Å². The Morgan fingerprint density at radius 3 is 2.67 bits per heavy atom. The number of aliphatic hydroxyl groups excluding tert-OH is 1. The summed E-state index contributed by atoms with van der Waals surface area (Å²) in [6.45, 7) is 0.122. The number of rotatable bonds is 5. The van der Waals surface area contributed by atoms with Crippen LogP contribution in [0.15, 0.2) is 70.9 Å². The number of ketones is 1. The Hall–Kier alpha value is -4.60. The Balaban J connectivity index is 1.59. The Morgan fingerprint density at radius 2 is 1.91 bits per heavy atom. The number of carbonyl (C=O) groups excluding carboxylic acids is 2. The number of benzene rings is 2. The number of carbonyl (C=O) groups is 2. The zero-order valence-corrected chi connectivity index (χ0v) is 17.0. The first-order valence-electron chi connectivity index (χ1n) is 9.89. The number of furan rings is 1. The number of fused-ring (bicyclic) bond motifs is 1. The van der Waals surface area contributed by atoms with Gasteiger partial charge in [0.2, 0.25) is 6.79 Å². The van der Waals surface area contributed by atoms with Gasteiger partial charge in [-0.3, -0.25) is 19.7 Å². The van der Waals surface area contributed by atoms with Crippen LogP contribution in [0.4, 0.5) is 5.69 Å². The fourth-order valence-electron chi connectivity index (χ4n) is 3.94. The molecule has 0 spiro atoms. The van der Waals surface area contributed by atoms with E-state index in [0.717, 1.165) is 6.07 Å². The third-order valence-corrected chi connectivity index (χ3v) is 5.47. The molecule has 2 aliphatic rings. The molecule has 2 aliphatic heterocycles. The Labute approximate surface area is 186 Å². The van der Waals surface area contributed by atoms with Gasteiger partial charge in [-0.15, -0.1) is 0 Å². The highest BCUT2D eigenvalue weighted by Gasteiger charge is 2.47. The van der Waals surface area contributed by atoms with Gasteiger partial charge in [-0.1, -0.05) is 18.2 Å². The summed E-state index contributed by atoms with van der Waals surface area (Å²) >= 11 is 0.